The highest BCUT2D eigenvalue weighted by Gasteiger charge is 2.36. The predicted molar refractivity (Wildman–Crippen MR) is 137 cm³/mol. The monoisotopic (exact) mass is 504 g/mol. The molecule has 2 fully saturated rings. The van der Waals surface area contributed by atoms with E-state index in [1.807, 2.05) is 13.8 Å². The number of halogens is 2. The van der Waals surface area contributed by atoms with Crippen molar-refractivity contribution in [1.82, 2.24) is 14.7 Å². The first-order valence-electron chi connectivity index (χ1n) is 13.1. The van der Waals surface area contributed by atoms with Crippen molar-refractivity contribution >= 4 is 22.6 Å². The molecule has 0 radical (unpaired) electrons. The molecule has 6 rings (SSSR count). The van der Waals surface area contributed by atoms with E-state index in [-0.39, 0.29) is 18.0 Å². The van der Waals surface area contributed by atoms with Gasteiger partial charge in [0.1, 0.15) is 11.6 Å². The highest BCUT2D eigenvalue weighted by molar-refractivity contribution is 5.95. The molecule has 1 saturated heterocycles. The third-order valence-corrected chi connectivity index (χ3v) is 7.91. The van der Waals surface area contributed by atoms with Gasteiger partial charge < -0.3 is 14.0 Å². The van der Waals surface area contributed by atoms with Crippen molar-refractivity contribution in [3.05, 3.63) is 65.3 Å². The minimum atomic E-state index is -0.959. The Balaban J connectivity index is 1.52. The van der Waals surface area contributed by atoms with E-state index in [9.17, 15) is 13.6 Å². The van der Waals surface area contributed by atoms with Gasteiger partial charge >= 0.3 is 0 Å². The van der Waals surface area contributed by atoms with Gasteiger partial charge in [-0.1, -0.05) is 30.5 Å². The molecule has 1 atom stereocenters. The molecule has 4 aromatic rings. The number of carbonyl (C=O) groups excluding carboxylic acids is 1. The molecule has 1 aliphatic heterocycles. The Kier molecular flexibility index (Phi) is 6.05. The topological polar surface area (TPSA) is 64.2 Å². The highest BCUT2D eigenvalue weighted by atomic mass is 19.2. The Bertz CT molecular complexity index is 1470. The lowest BCUT2D eigenvalue weighted by molar-refractivity contribution is -0.120. The zero-order valence-electron chi connectivity index (χ0n) is 21.1. The number of rotatable bonds is 4. The van der Waals surface area contributed by atoms with Crippen LogP contribution in [-0.4, -0.2) is 20.6 Å². The number of amides is 1. The zero-order chi connectivity index (χ0) is 25.7. The molecule has 3 heterocycles. The summed E-state index contributed by atoms with van der Waals surface area (Å²) in [5.41, 5.74) is 5.02. The Hall–Kier alpha value is -3.55. The van der Waals surface area contributed by atoms with Crippen LogP contribution in [0.3, 0.4) is 0 Å². The molecule has 1 saturated carbocycles. The zero-order valence-corrected chi connectivity index (χ0v) is 21.1. The molecule has 0 spiro atoms. The van der Waals surface area contributed by atoms with Gasteiger partial charge in [0.15, 0.2) is 11.6 Å². The number of fused-ring (bicyclic) bond motifs is 1. The number of benzene rings is 2. The van der Waals surface area contributed by atoms with E-state index in [1.54, 1.807) is 4.90 Å². The molecule has 6 nitrogen and oxygen atoms in total. The standard InChI is InChI=1S/C29H30F2N4O2/c1-17-28(18(2)37-33-17)19-11-14-25-24(15-19)32-29(35(25)20-7-4-3-5-8-20)26-9-6-10-27(36)34(26)21-12-13-22(30)23(31)16-21/h11-16,20,26H,3-10H2,1-2H3/t26-/m0/s1. The average molecular weight is 505 g/mol. The van der Waals surface area contributed by atoms with E-state index in [2.05, 4.69) is 27.9 Å². The molecule has 1 aliphatic carbocycles. The van der Waals surface area contributed by atoms with Gasteiger partial charge in [-0.2, -0.15) is 0 Å². The Morgan fingerprint density at radius 2 is 1.76 bits per heavy atom. The van der Waals surface area contributed by atoms with Gasteiger partial charge in [-0.3, -0.25) is 4.79 Å². The van der Waals surface area contributed by atoms with Crippen LogP contribution < -0.4 is 4.90 Å². The number of carbonyl (C=O) groups is 1. The largest absolute Gasteiger partial charge is 0.361 e. The first kappa shape index (κ1) is 23.8. The second kappa shape index (κ2) is 9.39. The van der Waals surface area contributed by atoms with E-state index < -0.39 is 11.6 Å². The summed E-state index contributed by atoms with van der Waals surface area (Å²) in [6, 6.07) is 9.87. The Morgan fingerprint density at radius 3 is 2.49 bits per heavy atom. The smallest absolute Gasteiger partial charge is 0.227 e. The number of imidazole rings is 1. The molecular weight excluding hydrogens is 474 g/mol. The van der Waals surface area contributed by atoms with E-state index in [4.69, 9.17) is 9.51 Å². The Morgan fingerprint density at radius 1 is 0.946 bits per heavy atom. The van der Waals surface area contributed by atoms with Crippen LogP contribution in [0.5, 0.6) is 0 Å². The summed E-state index contributed by atoms with van der Waals surface area (Å²) in [7, 11) is 0. The van der Waals surface area contributed by atoms with Crippen LogP contribution >= 0.6 is 0 Å². The maximum absolute atomic E-state index is 14.2. The van der Waals surface area contributed by atoms with Gasteiger partial charge in [-0.25, -0.2) is 13.8 Å². The third-order valence-electron chi connectivity index (χ3n) is 7.91. The second-order valence-electron chi connectivity index (χ2n) is 10.3. The normalized spacial score (nSPS) is 19.2. The van der Waals surface area contributed by atoms with Crippen molar-refractivity contribution in [3.63, 3.8) is 0 Å². The van der Waals surface area contributed by atoms with E-state index in [1.165, 1.54) is 12.5 Å². The summed E-state index contributed by atoms with van der Waals surface area (Å²) >= 11 is 0. The SMILES string of the molecule is Cc1noc(C)c1-c1ccc2c(c1)nc([C@@H]1CCCC(=O)N1c1ccc(F)c(F)c1)n2C1CCCCC1. The van der Waals surface area contributed by atoms with Gasteiger partial charge in [-0.15, -0.1) is 0 Å². The van der Waals surface area contributed by atoms with Crippen LogP contribution in [0, 0.1) is 25.5 Å². The van der Waals surface area contributed by atoms with Gasteiger partial charge in [0, 0.05) is 29.8 Å². The molecule has 2 aromatic carbocycles. The first-order valence-corrected chi connectivity index (χ1v) is 13.1. The van der Waals surface area contributed by atoms with Crippen LogP contribution in [0.15, 0.2) is 40.9 Å². The maximum Gasteiger partial charge on any atom is 0.227 e. The number of anilines is 1. The maximum atomic E-state index is 14.2. The van der Waals surface area contributed by atoms with E-state index in [0.717, 1.165) is 83.7 Å². The van der Waals surface area contributed by atoms with Crippen molar-refractivity contribution in [1.29, 1.82) is 0 Å². The summed E-state index contributed by atoms with van der Waals surface area (Å²) in [5, 5.41) is 4.11. The lowest BCUT2D eigenvalue weighted by atomic mass is 9.94. The summed E-state index contributed by atoms with van der Waals surface area (Å²) in [4.78, 5) is 20.0. The number of hydrogen-bond donors (Lipinski definition) is 0. The van der Waals surface area contributed by atoms with Crippen LogP contribution in [-0.2, 0) is 4.79 Å². The molecule has 2 aliphatic rings. The fourth-order valence-electron chi connectivity index (χ4n) is 6.20. The molecule has 0 bridgehead atoms. The van der Waals surface area contributed by atoms with Crippen LogP contribution in [0.25, 0.3) is 22.2 Å². The molecule has 8 heteroatoms. The third kappa shape index (κ3) is 4.12. The Labute approximate surface area is 214 Å². The predicted octanol–water partition coefficient (Wildman–Crippen LogP) is 7.35. The number of nitrogens with zero attached hydrogens (tertiary/aromatic N) is 4. The quantitative estimate of drug-likeness (QED) is 0.291. The summed E-state index contributed by atoms with van der Waals surface area (Å²) < 4.78 is 35.7. The highest BCUT2D eigenvalue weighted by Crippen LogP contribution is 2.41. The van der Waals surface area contributed by atoms with Gasteiger partial charge in [0.05, 0.1) is 22.8 Å². The lowest BCUT2D eigenvalue weighted by Crippen LogP contribution is -2.40. The summed E-state index contributed by atoms with van der Waals surface area (Å²) in [6.45, 7) is 3.83. The van der Waals surface area contributed by atoms with Crippen molar-refractivity contribution in [3.8, 4) is 11.1 Å². The number of piperidine rings is 1. The van der Waals surface area contributed by atoms with Gasteiger partial charge in [-0.05, 0) is 69.4 Å². The molecule has 1 amide bonds. The molecule has 0 unspecified atom stereocenters. The van der Waals surface area contributed by atoms with Crippen molar-refractivity contribution < 1.29 is 18.1 Å². The fraction of sp³-hybridized carbons (Fsp3) is 0.414. The molecule has 2 aromatic heterocycles. The molecule has 37 heavy (non-hydrogen) atoms. The van der Waals surface area contributed by atoms with Crippen molar-refractivity contribution in [2.24, 2.45) is 0 Å². The lowest BCUT2D eigenvalue weighted by Gasteiger charge is -2.37. The minimum Gasteiger partial charge on any atom is -0.361 e. The first-order chi connectivity index (χ1) is 17.9. The van der Waals surface area contributed by atoms with Gasteiger partial charge in [0.2, 0.25) is 5.91 Å². The van der Waals surface area contributed by atoms with E-state index in [0.29, 0.717) is 18.5 Å². The van der Waals surface area contributed by atoms with E-state index >= 15 is 0 Å². The summed E-state index contributed by atoms with van der Waals surface area (Å²) in [6.07, 6.45) is 7.42. The average Bonchev–Trinajstić information content (AvgIpc) is 3.44. The van der Waals surface area contributed by atoms with Crippen LogP contribution in [0.2, 0.25) is 0 Å². The number of hydrogen-bond acceptors (Lipinski definition) is 4. The number of aromatic nitrogens is 3. The fourth-order valence-corrected chi connectivity index (χ4v) is 6.20. The number of aryl methyl sites for hydroxylation is 2. The van der Waals surface area contributed by atoms with Crippen molar-refractivity contribution in [2.75, 3.05) is 4.90 Å². The minimum absolute atomic E-state index is 0.0964. The van der Waals surface area contributed by atoms with Crippen LogP contribution in [0.1, 0.15) is 80.7 Å². The summed E-state index contributed by atoms with van der Waals surface area (Å²) in [5.74, 6) is -0.409. The molecule has 0 N–H and O–H groups in total. The molecule has 192 valence electrons. The second-order valence-corrected chi connectivity index (χ2v) is 10.3. The van der Waals surface area contributed by atoms with Gasteiger partial charge in [0.25, 0.3) is 0 Å². The molecular formula is C29H30F2N4O2. The van der Waals surface area contributed by atoms with Crippen molar-refractivity contribution in [2.45, 2.75) is 77.3 Å². The van der Waals surface area contributed by atoms with Crippen LogP contribution in [0.4, 0.5) is 14.5 Å².